The molecule has 0 spiro atoms. The van der Waals surface area contributed by atoms with Crippen LogP contribution < -0.4 is 4.90 Å². The summed E-state index contributed by atoms with van der Waals surface area (Å²) >= 11 is 0. The molecular formula is C15H16FN3O. The molecule has 1 aromatic carbocycles. The summed E-state index contributed by atoms with van der Waals surface area (Å²) in [4.78, 5) is 10.5. The largest absolute Gasteiger partial charge is 0.387 e. The maximum atomic E-state index is 12.9. The SMILES string of the molecule is OC(CN(c1ncccn1)C1CC1)c1ccc(F)cc1. The lowest BCUT2D eigenvalue weighted by molar-refractivity contribution is 0.182. The van der Waals surface area contributed by atoms with Crippen molar-refractivity contribution in [3.05, 3.63) is 54.1 Å². The highest BCUT2D eigenvalue weighted by atomic mass is 19.1. The van der Waals surface area contributed by atoms with Crippen molar-refractivity contribution < 1.29 is 9.50 Å². The summed E-state index contributed by atoms with van der Waals surface area (Å²) in [6, 6.07) is 8.10. The molecule has 104 valence electrons. The molecule has 0 amide bonds. The molecule has 1 unspecified atom stereocenters. The molecular weight excluding hydrogens is 257 g/mol. The molecule has 0 aliphatic heterocycles. The van der Waals surface area contributed by atoms with Gasteiger partial charge in [0.05, 0.1) is 12.6 Å². The summed E-state index contributed by atoms with van der Waals surface area (Å²) in [7, 11) is 0. The molecule has 1 aromatic heterocycles. The van der Waals surface area contributed by atoms with Crippen LogP contribution in [-0.2, 0) is 0 Å². The van der Waals surface area contributed by atoms with Gasteiger partial charge in [-0.05, 0) is 36.6 Å². The first-order valence-electron chi connectivity index (χ1n) is 6.71. The summed E-state index contributed by atoms with van der Waals surface area (Å²) in [5.41, 5.74) is 0.702. The molecule has 1 aliphatic carbocycles. The van der Waals surface area contributed by atoms with Crippen LogP contribution in [0, 0.1) is 5.82 Å². The average Bonchev–Trinajstić information content (AvgIpc) is 3.31. The number of hydrogen-bond acceptors (Lipinski definition) is 4. The molecule has 1 fully saturated rings. The number of benzene rings is 1. The first-order chi connectivity index (χ1) is 9.74. The van der Waals surface area contributed by atoms with Crippen LogP contribution in [0.15, 0.2) is 42.7 Å². The molecule has 1 aliphatic rings. The van der Waals surface area contributed by atoms with Gasteiger partial charge in [0.25, 0.3) is 0 Å². The Morgan fingerprint density at radius 3 is 2.45 bits per heavy atom. The van der Waals surface area contributed by atoms with Gasteiger partial charge in [0.15, 0.2) is 0 Å². The van der Waals surface area contributed by atoms with E-state index in [0.717, 1.165) is 12.8 Å². The minimum atomic E-state index is -0.681. The van der Waals surface area contributed by atoms with E-state index in [9.17, 15) is 9.50 Å². The topological polar surface area (TPSA) is 49.2 Å². The number of nitrogens with zero attached hydrogens (tertiary/aromatic N) is 3. The zero-order valence-electron chi connectivity index (χ0n) is 11.0. The lowest BCUT2D eigenvalue weighted by Crippen LogP contribution is -2.32. The number of aliphatic hydroxyl groups excluding tert-OH is 1. The maximum Gasteiger partial charge on any atom is 0.225 e. The summed E-state index contributed by atoms with van der Waals surface area (Å²) in [5.74, 6) is 0.336. The molecule has 20 heavy (non-hydrogen) atoms. The van der Waals surface area contributed by atoms with E-state index in [1.807, 2.05) is 4.90 Å². The van der Waals surface area contributed by atoms with E-state index < -0.39 is 6.10 Å². The molecule has 5 heteroatoms. The Balaban J connectivity index is 1.75. The van der Waals surface area contributed by atoms with E-state index >= 15 is 0 Å². The number of aliphatic hydroxyl groups is 1. The zero-order chi connectivity index (χ0) is 13.9. The average molecular weight is 273 g/mol. The van der Waals surface area contributed by atoms with Gasteiger partial charge in [0.1, 0.15) is 5.82 Å². The number of hydrogen-bond donors (Lipinski definition) is 1. The number of halogens is 1. The zero-order valence-corrected chi connectivity index (χ0v) is 11.0. The normalized spacial score (nSPS) is 15.9. The third-order valence-electron chi connectivity index (χ3n) is 3.42. The van der Waals surface area contributed by atoms with Crippen molar-refractivity contribution in [2.75, 3.05) is 11.4 Å². The van der Waals surface area contributed by atoms with Crippen LogP contribution in [0.1, 0.15) is 24.5 Å². The standard InChI is InChI=1S/C15H16FN3O/c16-12-4-2-11(3-5-12)14(20)10-19(13-6-7-13)15-17-8-1-9-18-15/h1-5,8-9,13-14,20H,6-7,10H2. The van der Waals surface area contributed by atoms with E-state index in [-0.39, 0.29) is 5.82 Å². The van der Waals surface area contributed by atoms with Gasteiger partial charge >= 0.3 is 0 Å². The highest BCUT2D eigenvalue weighted by Crippen LogP contribution is 2.31. The maximum absolute atomic E-state index is 12.9. The molecule has 1 heterocycles. The number of aromatic nitrogens is 2. The lowest BCUT2D eigenvalue weighted by atomic mass is 10.1. The Bertz CT molecular complexity index is 557. The molecule has 2 aromatic rings. The van der Waals surface area contributed by atoms with Gasteiger partial charge in [-0.3, -0.25) is 0 Å². The van der Waals surface area contributed by atoms with E-state index in [1.165, 1.54) is 12.1 Å². The lowest BCUT2D eigenvalue weighted by Gasteiger charge is -2.25. The predicted molar refractivity (Wildman–Crippen MR) is 73.8 cm³/mol. The second-order valence-electron chi connectivity index (χ2n) is 5.00. The van der Waals surface area contributed by atoms with E-state index in [2.05, 4.69) is 9.97 Å². The number of rotatable bonds is 5. The second-order valence-corrected chi connectivity index (χ2v) is 5.00. The quantitative estimate of drug-likeness (QED) is 0.908. The number of anilines is 1. The smallest absolute Gasteiger partial charge is 0.225 e. The van der Waals surface area contributed by atoms with Crippen molar-refractivity contribution in [1.29, 1.82) is 0 Å². The van der Waals surface area contributed by atoms with E-state index in [4.69, 9.17) is 0 Å². The molecule has 1 saturated carbocycles. The fourth-order valence-electron chi connectivity index (χ4n) is 2.20. The third-order valence-corrected chi connectivity index (χ3v) is 3.42. The third kappa shape index (κ3) is 2.93. The molecule has 4 nitrogen and oxygen atoms in total. The van der Waals surface area contributed by atoms with Gasteiger partial charge in [0.2, 0.25) is 5.95 Å². The summed E-state index contributed by atoms with van der Waals surface area (Å²) in [5, 5.41) is 10.3. The van der Waals surface area contributed by atoms with Crippen LogP contribution >= 0.6 is 0 Å². The summed E-state index contributed by atoms with van der Waals surface area (Å²) in [6.45, 7) is 0.417. The van der Waals surface area contributed by atoms with E-state index in [0.29, 0.717) is 24.1 Å². The van der Waals surface area contributed by atoms with Gasteiger partial charge in [-0.15, -0.1) is 0 Å². The van der Waals surface area contributed by atoms with Gasteiger partial charge in [0, 0.05) is 18.4 Å². The molecule has 1 atom stereocenters. The summed E-state index contributed by atoms with van der Waals surface area (Å²) < 4.78 is 12.9. The van der Waals surface area contributed by atoms with Crippen molar-refractivity contribution in [3.8, 4) is 0 Å². The Labute approximate surface area is 116 Å². The Morgan fingerprint density at radius 2 is 1.85 bits per heavy atom. The van der Waals surface area contributed by atoms with Crippen molar-refractivity contribution in [1.82, 2.24) is 9.97 Å². The van der Waals surface area contributed by atoms with Gasteiger partial charge in [-0.2, -0.15) is 0 Å². The minimum absolute atomic E-state index is 0.300. The molecule has 0 bridgehead atoms. The second kappa shape index (κ2) is 5.54. The molecule has 0 radical (unpaired) electrons. The van der Waals surface area contributed by atoms with Crippen LogP contribution in [0.4, 0.5) is 10.3 Å². The van der Waals surface area contributed by atoms with Crippen LogP contribution in [0.25, 0.3) is 0 Å². The monoisotopic (exact) mass is 273 g/mol. The minimum Gasteiger partial charge on any atom is -0.387 e. The van der Waals surface area contributed by atoms with Crippen molar-refractivity contribution in [2.45, 2.75) is 25.0 Å². The van der Waals surface area contributed by atoms with Crippen molar-refractivity contribution in [3.63, 3.8) is 0 Å². The highest BCUT2D eigenvalue weighted by molar-refractivity contribution is 5.34. The fraction of sp³-hybridized carbons (Fsp3) is 0.333. The van der Waals surface area contributed by atoms with Gasteiger partial charge in [-0.25, -0.2) is 14.4 Å². The van der Waals surface area contributed by atoms with Gasteiger partial charge < -0.3 is 10.0 Å². The van der Waals surface area contributed by atoms with Crippen molar-refractivity contribution >= 4 is 5.95 Å². The van der Waals surface area contributed by atoms with Crippen LogP contribution in [0.2, 0.25) is 0 Å². The van der Waals surface area contributed by atoms with E-state index in [1.54, 1.807) is 30.6 Å². The van der Waals surface area contributed by atoms with Crippen LogP contribution in [-0.4, -0.2) is 27.7 Å². The Hall–Kier alpha value is -2.01. The Morgan fingerprint density at radius 1 is 1.20 bits per heavy atom. The highest BCUT2D eigenvalue weighted by Gasteiger charge is 2.32. The molecule has 0 saturated heterocycles. The van der Waals surface area contributed by atoms with Crippen molar-refractivity contribution in [2.24, 2.45) is 0 Å². The van der Waals surface area contributed by atoms with Gasteiger partial charge in [-0.1, -0.05) is 12.1 Å². The first-order valence-corrected chi connectivity index (χ1v) is 6.71. The Kier molecular flexibility index (Phi) is 3.60. The van der Waals surface area contributed by atoms with Crippen LogP contribution in [0.5, 0.6) is 0 Å². The van der Waals surface area contributed by atoms with Crippen LogP contribution in [0.3, 0.4) is 0 Å². The first kappa shape index (κ1) is 13.0. The predicted octanol–water partition coefficient (Wildman–Crippen LogP) is 2.32. The molecule has 3 rings (SSSR count). The fourth-order valence-corrected chi connectivity index (χ4v) is 2.20. The molecule has 1 N–H and O–H groups in total. The summed E-state index contributed by atoms with van der Waals surface area (Å²) in [6.07, 6.45) is 4.90.